The summed E-state index contributed by atoms with van der Waals surface area (Å²) in [4.78, 5) is 40.7. The Kier molecular flexibility index (Phi) is 9.05. The zero-order chi connectivity index (χ0) is 21.1. The summed E-state index contributed by atoms with van der Waals surface area (Å²) in [5.74, 6) is -1.80. The molecule has 0 aliphatic heterocycles. The molecule has 0 unspecified atom stereocenters. The standard InChI is InChI=1S/C23H26O6/c1-2-3-4-5-6-7-16-21(24)28-20-15-11-10-14-19(20)22(25)17-12-8-9-13-18(17)23(26)29-27/h8-15,27H,2-7,16H2,1H3. The van der Waals surface area contributed by atoms with Crippen molar-refractivity contribution in [3.05, 3.63) is 65.2 Å². The molecule has 0 aliphatic rings. The van der Waals surface area contributed by atoms with Crippen LogP contribution in [0, 0.1) is 0 Å². The second-order valence-corrected chi connectivity index (χ2v) is 6.74. The summed E-state index contributed by atoms with van der Waals surface area (Å²) in [5, 5.41) is 8.66. The van der Waals surface area contributed by atoms with Gasteiger partial charge >= 0.3 is 11.9 Å². The number of ether oxygens (including phenoxy) is 1. The van der Waals surface area contributed by atoms with E-state index in [4.69, 9.17) is 9.99 Å². The van der Waals surface area contributed by atoms with Gasteiger partial charge in [0.15, 0.2) is 5.78 Å². The Morgan fingerprint density at radius 1 is 0.793 bits per heavy atom. The SMILES string of the molecule is CCCCCCCCC(=O)Oc1ccccc1C(=O)c1ccccc1C(=O)OO. The number of unbranched alkanes of at least 4 members (excludes halogenated alkanes) is 5. The summed E-state index contributed by atoms with van der Waals surface area (Å²) in [6.07, 6.45) is 6.61. The number of ketones is 1. The highest BCUT2D eigenvalue weighted by Gasteiger charge is 2.22. The molecule has 6 nitrogen and oxygen atoms in total. The van der Waals surface area contributed by atoms with Crippen molar-refractivity contribution >= 4 is 17.7 Å². The minimum atomic E-state index is -1.04. The van der Waals surface area contributed by atoms with Crippen LogP contribution in [0.25, 0.3) is 0 Å². The monoisotopic (exact) mass is 398 g/mol. The van der Waals surface area contributed by atoms with Gasteiger partial charge in [-0.15, -0.1) is 0 Å². The molecule has 0 aliphatic carbocycles. The Labute approximate surface area is 170 Å². The largest absolute Gasteiger partial charge is 0.426 e. The minimum Gasteiger partial charge on any atom is -0.426 e. The first-order chi connectivity index (χ1) is 14.1. The lowest BCUT2D eigenvalue weighted by Crippen LogP contribution is -2.14. The maximum Gasteiger partial charge on any atom is 0.373 e. The molecular weight excluding hydrogens is 372 g/mol. The molecule has 0 saturated heterocycles. The van der Waals surface area contributed by atoms with E-state index in [0.29, 0.717) is 0 Å². The van der Waals surface area contributed by atoms with Gasteiger partial charge in [-0.2, -0.15) is 5.26 Å². The Morgan fingerprint density at radius 3 is 2.07 bits per heavy atom. The molecule has 0 saturated carbocycles. The van der Waals surface area contributed by atoms with Crippen LogP contribution < -0.4 is 4.74 Å². The van der Waals surface area contributed by atoms with Gasteiger partial charge in [-0.25, -0.2) is 4.79 Å². The van der Waals surface area contributed by atoms with Crippen molar-refractivity contribution in [1.29, 1.82) is 0 Å². The van der Waals surface area contributed by atoms with Crippen molar-refractivity contribution in [3.63, 3.8) is 0 Å². The topological polar surface area (TPSA) is 89.9 Å². The van der Waals surface area contributed by atoms with Gasteiger partial charge in [-0.3, -0.25) is 14.5 Å². The Balaban J connectivity index is 2.08. The van der Waals surface area contributed by atoms with E-state index >= 15 is 0 Å². The van der Waals surface area contributed by atoms with Crippen molar-refractivity contribution in [2.24, 2.45) is 0 Å². The van der Waals surface area contributed by atoms with E-state index in [9.17, 15) is 14.4 Å². The molecule has 0 bridgehead atoms. The average Bonchev–Trinajstić information content (AvgIpc) is 2.75. The van der Waals surface area contributed by atoms with E-state index in [1.165, 1.54) is 37.5 Å². The van der Waals surface area contributed by atoms with Crippen LogP contribution in [-0.2, 0) is 9.68 Å². The van der Waals surface area contributed by atoms with Gasteiger partial charge in [0.1, 0.15) is 5.75 Å². The highest BCUT2D eigenvalue weighted by molar-refractivity contribution is 6.15. The lowest BCUT2D eigenvalue weighted by Gasteiger charge is -2.11. The molecule has 0 aromatic heterocycles. The number of carbonyl (C=O) groups excluding carboxylic acids is 3. The van der Waals surface area contributed by atoms with Crippen LogP contribution >= 0.6 is 0 Å². The molecule has 6 heteroatoms. The highest BCUT2D eigenvalue weighted by atomic mass is 17.1. The fraction of sp³-hybridized carbons (Fsp3) is 0.348. The number of carbonyl (C=O) groups is 3. The smallest absolute Gasteiger partial charge is 0.373 e. The van der Waals surface area contributed by atoms with Gasteiger partial charge in [-0.05, 0) is 24.6 Å². The first-order valence-electron chi connectivity index (χ1n) is 9.87. The van der Waals surface area contributed by atoms with E-state index in [2.05, 4.69) is 11.8 Å². The summed E-state index contributed by atoms with van der Waals surface area (Å²) in [7, 11) is 0. The second-order valence-electron chi connectivity index (χ2n) is 6.74. The zero-order valence-corrected chi connectivity index (χ0v) is 16.6. The summed E-state index contributed by atoms with van der Waals surface area (Å²) in [6.45, 7) is 2.15. The zero-order valence-electron chi connectivity index (χ0n) is 16.6. The van der Waals surface area contributed by atoms with Crippen molar-refractivity contribution in [2.45, 2.75) is 51.9 Å². The molecule has 0 atom stereocenters. The Hall–Kier alpha value is -2.99. The molecule has 0 radical (unpaired) electrons. The van der Waals surface area contributed by atoms with Crippen LogP contribution in [0.4, 0.5) is 0 Å². The van der Waals surface area contributed by atoms with E-state index < -0.39 is 17.7 Å². The van der Waals surface area contributed by atoms with Crippen LogP contribution in [0.3, 0.4) is 0 Å². The van der Waals surface area contributed by atoms with Gasteiger partial charge < -0.3 is 4.74 Å². The molecule has 154 valence electrons. The number of rotatable bonds is 11. The maximum atomic E-state index is 13.0. The molecular formula is C23H26O6. The molecule has 0 spiro atoms. The second kappa shape index (κ2) is 11.8. The van der Waals surface area contributed by atoms with Crippen molar-refractivity contribution in [2.75, 3.05) is 0 Å². The first-order valence-corrected chi connectivity index (χ1v) is 9.87. The first kappa shape index (κ1) is 22.3. The van der Waals surface area contributed by atoms with Gasteiger partial charge in [0.25, 0.3) is 0 Å². The minimum absolute atomic E-state index is 0.0472. The molecule has 0 amide bonds. The molecule has 0 fully saturated rings. The number of esters is 1. The number of hydrogen-bond donors (Lipinski definition) is 1. The fourth-order valence-corrected chi connectivity index (χ4v) is 3.02. The molecule has 0 heterocycles. The summed E-state index contributed by atoms with van der Waals surface area (Å²) >= 11 is 0. The van der Waals surface area contributed by atoms with Crippen molar-refractivity contribution < 1.29 is 29.3 Å². The maximum absolute atomic E-state index is 13.0. The van der Waals surface area contributed by atoms with Crippen LogP contribution in [0.15, 0.2) is 48.5 Å². The van der Waals surface area contributed by atoms with Crippen LogP contribution in [0.1, 0.15) is 78.1 Å². The third kappa shape index (κ3) is 6.54. The lowest BCUT2D eigenvalue weighted by molar-refractivity contribution is -0.182. The van der Waals surface area contributed by atoms with Gasteiger partial charge in [0.05, 0.1) is 11.1 Å². The third-order valence-corrected chi connectivity index (χ3v) is 4.56. The van der Waals surface area contributed by atoms with Gasteiger partial charge in [-0.1, -0.05) is 69.4 Å². The normalized spacial score (nSPS) is 10.4. The Bertz CT molecular complexity index is 843. The van der Waals surface area contributed by atoms with Gasteiger partial charge in [0, 0.05) is 12.0 Å². The van der Waals surface area contributed by atoms with E-state index in [1.807, 2.05) is 0 Å². The number of benzene rings is 2. The quantitative estimate of drug-likeness (QED) is 0.140. The fourth-order valence-electron chi connectivity index (χ4n) is 3.02. The summed E-state index contributed by atoms with van der Waals surface area (Å²) in [5.41, 5.74) is 0.126. The molecule has 29 heavy (non-hydrogen) atoms. The summed E-state index contributed by atoms with van der Waals surface area (Å²) in [6, 6.07) is 12.3. The molecule has 2 aromatic carbocycles. The van der Waals surface area contributed by atoms with Crippen LogP contribution in [0.2, 0.25) is 0 Å². The van der Waals surface area contributed by atoms with E-state index in [-0.39, 0.29) is 28.9 Å². The van der Waals surface area contributed by atoms with Crippen molar-refractivity contribution in [1.82, 2.24) is 0 Å². The highest BCUT2D eigenvalue weighted by Crippen LogP contribution is 2.24. The molecule has 1 N–H and O–H groups in total. The van der Waals surface area contributed by atoms with E-state index in [0.717, 1.165) is 19.3 Å². The predicted octanol–water partition coefficient (Wildman–Crippen LogP) is 5.20. The molecule has 2 aromatic rings. The Morgan fingerprint density at radius 2 is 1.38 bits per heavy atom. The third-order valence-electron chi connectivity index (χ3n) is 4.56. The van der Waals surface area contributed by atoms with Crippen molar-refractivity contribution in [3.8, 4) is 5.75 Å². The molecule has 2 rings (SSSR count). The number of para-hydroxylation sites is 1. The van der Waals surface area contributed by atoms with Gasteiger partial charge in [0.2, 0.25) is 0 Å². The van der Waals surface area contributed by atoms with Crippen LogP contribution in [0.5, 0.6) is 5.75 Å². The number of hydrogen-bond acceptors (Lipinski definition) is 6. The predicted molar refractivity (Wildman–Crippen MR) is 108 cm³/mol. The van der Waals surface area contributed by atoms with E-state index in [1.54, 1.807) is 30.3 Å². The van der Waals surface area contributed by atoms with Crippen LogP contribution in [-0.4, -0.2) is 23.0 Å². The average molecular weight is 398 g/mol. The summed E-state index contributed by atoms with van der Waals surface area (Å²) < 4.78 is 5.42. The lowest BCUT2D eigenvalue weighted by atomic mass is 9.98.